The summed E-state index contributed by atoms with van der Waals surface area (Å²) in [6, 6.07) is 0. The van der Waals surface area contributed by atoms with Gasteiger partial charge in [-0.05, 0) is 27.7 Å². The van der Waals surface area contributed by atoms with Crippen LogP contribution in [0, 0.1) is 0 Å². The monoisotopic (exact) mass is 300 g/mol. The second kappa shape index (κ2) is 7.35. The summed E-state index contributed by atoms with van der Waals surface area (Å²) in [6.07, 6.45) is 0. The van der Waals surface area contributed by atoms with Crippen molar-refractivity contribution in [3.63, 3.8) is 0 Å². The SMILES string of the molecule is CCOC(=O)c1nc(C(=O)NCC(C)(C)OCC)cs1. The number of amides is 1. The van der Waals surface area contributed by atoms with Gasteiger partial charge in [-0.25, -0.2) is 9.78 Å². The van der Waals surface area contributed by atoms with Gasteiger partial charge in [-0.3, -0.25) is 4.79 Å². The largest absolute Gasteiger partial charge is 0.461 e. The fourth-order valence-corrected chi connectivity index (χ4v) is 2.18. The van der Waals surface area contributed by atoms with Gasteiger partial charge in [-0.2, -0.15) is 0 Å². The van der Waals surface area contributed by atoms with E-state index in [-0.39, 0.29) is 23.2 Å². The predicted octanol–water partition coefficient (Wildman–Crippen LogP) is 1.86. The molecule has 6 nitrogen and oxygen atoms in total. The highest BCUT2D eigenvalue weighted by atomic mass is 32.1. The smallest absolute Gasteiger partial charge is 0.367 e. The average molecular weight is 300 g/mol. The number of hydrogen-bond acceptors (Lipinski definition) is 6. The van der Waals surface area contributed by atoms with Gasteiger partial charge < -0.3 is 14.8 Å². The summed E-state index contributed by atoms with van der Waals surface area (Å²) >= 11 is 1.09. The second-order valence-electron chi connectivity index (χ2n) is 4.63. The third-order valence-electron chi connectivity index (χ3n) is 2.40. The molecule has 1 amide bonds. The standard InChI is InChI=1S/C13H20N2O4S/c1-5-18-12(17)11-15-9(7-20-11)10(16)14-8-13(3,4)19-6-2/h7H,5-6,8H2,1-4H3,(H,14,16). The van der Waals surface area contributed by atoms with E-state index >= 15 is 0 Å². The Labute approximate surface area is 122 Å². The molecule has 0 aromatic carbocycles. The zero-order valence-electron chi connectivity index (χ0n) is 12.2. The maximum absolute atomic E-state index is 11.9. The molecule has 1 aromatic heterocycles. The van der Waals surface area contributed by atoms with Gasteiger partial charge in [0.15, 0.2) is 0 Å². The Hall–Kier alpha value is -1.47. The summed E-state index contributed by atoms with van der Waals surface area (Å²) in [6.45, 7) is 8.62. The number of carbonyl (C=O) groups excluding carboxylic acids is 2. The molecule has 1 N–H and O–H groups in total. The topological polar surface area (TPSA) is 77.5 Å². The molecule has 0 spiro atoms. The van der Waals surface area contributed by atoms with Crippen molar-refractivity contribution in [2.45, 2.75) is 33.3 Å². The molecule has 0 bridgehead atoms. The minimum absolute atomic E-state index is 0.182. The highest BCUT2D eigenvalue weighted by Gasteiger charge is 2.21. The number of hydrogen-bond donors (Lipinski definition) is 1. The van der Waals surface area contributed by atoms with E-state index in [9.17, 15) is 9.59 Å². The molecule has 1 aromatic rings. The molecule has 0 saturated carbocycles. The van der Waals surface area contributed by atoms with Gasteiger partial charge in [0.2, 0.25) is 5.01 Å². The van der Waals surface area contributed by atoms with Gasteiger partial charge in [-0.15, -0.1) is 11.3 Å². The summed E-state index contributed by atoms with van der Waals surface area (Å²) in [5, 5.41) is 4.45. The highest BCUT2D eigenvalue weighted by Crippen LogP contribution is 2.12. The van der Waals surface area contributed by atoms with E-state index in [4.69, 9.17) is 9.47 Å². The fraction of sp³-hybridized carbons (Fsp3) is 0.615. The van der Waals surface area contributed by atoms with Crippen molar-refractivity contribution >= 4 is 23.2 Å². The number of nitrogens with zero attached hydrogens (tertiary/aromatic N) is 1. The molecule has 7 heteroatoms. The van der Waals surface area contributed by atoms with Crippen LogP contribution >= 0.6 is 11.3 Å². The third kappa shape index (κ3) is 4.90. The molecular formula is C13H20N2O4S. The molecule has 0 unspecified atom stereocenters. The van der Waals surface area contributed by atoms with E-state index in [1.165, 1.54) is 5.38 Å². The predicted molar refractivity (Wildman–Crippen MR) is 76.1 cm³/mol. The van der Waals surface area contributed by atoms with Crippen LogP contribution in [0.3, 0.4) is 0 Å². The van der Waals surface area contributed by atoms with E-state index in [1.54, 1.807) is 6.92 Å². The van der Waals surface area contributed by atoms with Gasteiger partial charge in [-0.1, -0.05) is 0 Å². The number of nitrogens with one attached hydrogen (secondary N) is 1. The van der Waals surface area contributed by atoms with Gasteiger partial charge in [0.05, 0.1) is 12.2 Å². The van der Waals surface area contributed by atoms with Crippen molar-refractivity contribution in [2.75, 3.05) is 19.8 Å². The van der Waals surface area contributed by atoms with Gasteiger partial charge >= 0.3 is 5.97 Å². The molecule has 112 valence electrons. The first kappa shape index (κ1) is 16.6. The quantitative estimate of drug-likeness (QED) is 0.778. The normalized spacial score (nSPS) is 11.2. The molecule has 1 rings (SSSR count). The number of thiazole rings is 1. The molecule has 0 aliphatic carbocycles. The summed E-state index contributed by atoms with van der Waals surface area (Å²) in [4.78, 5) is 27.3. The summed E-state index contributed by atoms with van der Waals surface area (Å²) in [5.74, 6) is -0.837. The molecule has 0 saturated heterocycles. The van der Waals surface area contributed by atoms with Crippen LogP contribution in [0.15, 0.2) is 5.38 Å². The van der Waals surface area contributed by atoms with Crippen molar-refractivity contribution in [3.05, 3.63) is 16.1 Å². The summed E-state index contributed by atoms with van der Waals surface area (Å²) in [5.41, 5.74) is -0.227. The minimum atomic E-state index is -0.508. The number of carbonyl (C=O) groups is 2. The van der Waals surface area contributed by atoms with E-state index in [1.807, 2.05) is 20.8 Å². The highest BCUT2D eigenvalue weighted by molar-refractivity contribution is 7.11. The summed E-state index contributed by atoms with van der Waals surface area (Å²) in [7, 11) is 0. The molecular weight excluding hydrogens is 280 g/mol. The van der Waals surface area contributed by atoms with E-state index in [0.29, 0.717) is 13.2 Å². The Balaban J connectivity index is 2.58. The molecule has 0 fully saturated rings. The van der Waals surface area contributed by atoms with Crippen molar-refractivity contribution < 1.29 is 19.1 Å². The minimum Gasteiger partial charge on any atom is -0.461 e. The van der Waals surface area contributed by atoms with E-state index in [2.05, 4.69) is 10.3 Å². The lowest BCUT2D eigenvalue weighted by molar-refractivity contribution is -0.00818. The van der Waals surface area contributed by atoms with Gasteiger partial charge in [0, 0.05) is 18.5 Å². The Morgan fingerprint density at radius 1 is 1.35 bits per heavy atom. The zero-order chi connectivity index (χ0) is 15.2. The van der Waals surface area contributed by atoms with Crippen LogP contribution in [0.5, 0.6) is 0 Å². The van der Waals surface area contributed by atoms with Crippen LogP contribution in [-0.2, 0) is 9.47 Å². The Morgan fingerprint density at radius 2 is 2.05 bits per heavy atom. The lowest BCUT2D eigenvalue weighted by Crippen LogP contribution is -2.40. The molecule has 0 atom stereocenters. The van der Waals surface area contributed by atoms with Crippen LogP contribution in [-0.4, -0.2) is 42.2 Å². The molecule has 0 radical (unpaired) electrons. The van der Waals surface area contributed by atoms with Crippen LogP contribution < -0.4 is 5.32 Å². The number of aromatic nitrogens is 1. The van der Waals surface area contributed by atoms with Crippen LogP contribution in [0.25, 0.3) is 0 Å². The Kier molecular flexibility index (Phi) is 6.09. The molecule has 20 heavy (non-hydrogen) atoms. The number of esters is 1. The van der Waals surface area contributed by atoms with Crippen molar-refractivity contribution in [3.8, 4) is 0 Å². The van der Waals surface area contributed by atoms with E-state index < -0.39 is 11.6 Å². The number of ether oxygens (including phenoxy) is 2. The molecule has 0 aliphatic heterocycles. The van der Waals surface area contributed by atoms with Crippen LogP contribution in [0.1, 0.15) is 48.0 Å². The Morgan fingerprint density at radius 3 is 2.65 bits per heavy atom. The van der Waals surface area contributed by atoms with E-state index in [0.717, 1.165) is 11.3 Å². The van der Waals surface area contributed by atoms with Crippen molar-refractivity contribution in [2.24, 2.45) is 0 Å². The van der Waals surface area contributed by atoms with Gasteiger partial charge in [0.1, 0.15) is 5.69 Å². The first-order valence-electron chi connectivity index (χ1n) is 6.44. The Bertz CT molecular complexity index is 471. The average Bonchev–Trinajstić information content (AvgIpc) is 2.86. The van der Waals surface area contributed by atoms with Gasteiger partial charge in [0.25, 0.3) is 5.91 Å². The molecule has 1 heterocycles. The van der Waals surface area contributed by atoms with Crippen LogP contribution in [0.4, 0.5) is 0 Å². The summed E-state index contributed by atoms with van der Waals surface area (Å²) < 4.78 is 10.3. The van der Waals surface area contributed by atoms with Crippen molar-refractivity contribution in [1.82, 2.24) is 10.3 Å². The fourth-order valence-electron chi connectivity index (χ4n) is 1.49. The lowest BCUT2D eigenvalue weighted by Gasteiger charge is -2.24. The maximum atomic E-state index is 11.9. The first-order valence-corrected chi connectivity index (χ1v) is 7.32. The zero-order valence-corrected chi connectivity index (χ0v) is 13.0. The van der Waals surface area contributed by atoms with Crippen molar-refractivity contribution in [1.29, 1.82) is 0 Å². The molecule has 0 aliphatic rings. The third-order valence-corrected chi connectivity index (χ3v) is 3.22. The van der Waals surface area contributed by atoms with Crippen LogP contribution in [0.2, 0.25) is 0 Å². The maximum Gasteiger partial charge on any atom is 0.367 e. The first-order chi connectivity index (χ1) is 9.39. The second-order valence-corrected chi connectivity index (χ2v) is 5.49. The lowest BCUT2D eigenvalue weighted by atomic mass is 10.1. The number of rotatable bonds is 7.